The highest BCUT2D eigenvalue weighted by molar-refractivity contribution is 6.30. The molecule has 0 saturated heterocycles. The molecule has 0 aliphatic carbocycles. The largest absolute Gasteiger partial charge is 0.411 e. The average molecular weight is 322 g/mol. The number of aryl methyl sites for hydroxylation is 1. The highest BCUT2D eigenvalue weighted by Gasteiger charge is 2.15. The number of benzene rings is 1. The summed E-state index contributed by atoms with van der Waals surface area (Å²) in [5, 5.41) is 21.4. The molecule has 2 N–H and O–H groups in total. The number of aliphatic hydroxyl groups is 1. The molecule has 0 atom stereocenters. The van der Waals surface area contributed by atoms with E-state index in [1.165, 1.54) is 6.21 Å². The van der Waals surface area contributed by atoms with Gasteiger partial charge in [0.05, 0.1) is 18.5 Å². The molecule has 0 bridgehead atoms. The summed E-state index contributed by atoms with van der Waals surface area (Å²) in [6, 6.07) is 7.65. The molecule has 1 heterocycles. The molecule has 0 amide bonds. The molecule has 0 unspecified atom stereocenters. The Morgan fingerprint density at radius 3 is 2.64 bits per heavy atom. The molecule has 2 rings (SSSR count). The number of oxime groups is 1. The van der Waals surface area contributed by atoms with Crippen molar-refractivity contribution in [1.82, 2.24) is 9.55 Å². The molecule has 1 aromatic heterocycles. The normalized spacial score (nSPS) is 11.4. The Balaban J connectivity index is 2.26. The van der Waals surface area contributed by atoms with Gasteiger partial charge < -0.3 is 14.9 Å². The molecule has 0 saturated carbocycles. The van der Waals surface area contributed by atoms with Gasteiger partial charge in [-0.25, -0.2) is 4.98 Å². The van der Waals surface area contributed by atoms with Crippen LogP contribution in [0.1, 0.15) is 42.4 Å². The smallest absolute Gasteiger partial charge is 0.152 e. The van der Waals surface area contributed by atoms with Gasteiger partial charge in [0.2, 0.25) is 0 Å². The van der Waals surface area contributed by atoms with Gasteiger partial charge in [-0.1, -0.05) is 54.4 Å². The molecule has 22 heavy (non-hydrogen) atoms. The molecular formula is C16H20ClN3O2. The number of hydrogen-bond acceptors (Lipinski definition) is 4. The first-order chi connectivity index (χ1) is 10.7. The molecule has 0 fully saturated rings. The van der Waals surface area contributed by atoms with Gasteiger partial charge in [-0.05, 0) is 17.5 Å². The van der Waals surface area contributed by atoms with Gasteiger partial charge >= 0.3 is 0 Å². The molecule has 118 valence electrons. The van der Waals surface area contributed by atoms with E-state index in [-0.39, 0.29) is 6.61 Å². The van der Waals surface area contributed by atoms with Crippen LogP contribution in [-0.4, -0.2) is 26.1 Å². The first kappa shape index (κ1) is 16.5. The van der Waals surface area contributed by atoms with Crippen LogP contribution >= 0.6 is 11.6 Å². The van der Waals surface area contributed by atoms with Crippen molar-refractivity contribution in [1.29, 1.82) is 0 Å². The second kappa shape index (κ2) is 7.96. The van der Waals surface area contributed by atoms with Crippen LogP contribution in [0.2, 0.25) is 5.15 Å². The first-order valence-electron chi connectivity index (χ1n) is 7.30. The lowest BCUT2D eigenvalue weighted by molar-refractivity contribution is 0.271. The number of aromatic nitrogens is 2. The fourth-order valence-corrected chi connectivity index (χ4v) is 2.59. The minimum atomic E-state index is -0.132. The summed E-state index contributed by atoms with van der Waals surface area (Å²) < 4.78 is 1.98. The Morgan fingerprint density at radius 1 is 1.32 bits per heavy atom. The summed E-state index contributed by atoms with van der Waals surface area (Å²) in [7, 11) is 0. The number of aliphatic hydroxyl groups excluding tert-OH is 1. The Kier molecular flexibility index (Phi) is 5.98. The Morgan fingerprint density at radius 2 is 2.05 bits per heavy atom. The minimum absolute atomic E-state index is 0.132. The van der Waals surface area contributed by atoms with Crippen LogP contribution in [0.4, 0.5) is 0 Å². The van der Waals surface area contributed by atoms with E-state index in [2.05, 4.69) is 17.1 Å². The molecule has 5 nitrogen and oxygen atoms in total. The minimum Gasteiger partial charge on any atom is -0.411 e. The summed E-state index contributed by atoms with van der Waals surface area (Å²) in [4.78, 5) is 4.38. The van der Waals surface area contributed by atoms with E-state index in [0.717, 1.165) is 36.2 Å². The molecular weight excluding hydrogens is 302 g/mol. The zero-order valence-corrected chi connectivity index (χ0v) is 13.3. The molecule has 6 heteroatoms. The quantitative estimate of drug-likeness (QED) is 0.467. The van der Waals surface area contributed by atoms with Crippen LogP contribution in [0.5, 0.6) is 0 Å². The van der Waals surface area contributed by atoms with E-state index in [0.29, 0.717) is 17.4 Å². The number of unbranched alkanes of at least 4 members (excludes halogenated alkanes) is 1. The Labute approximate surface area is 134 Å². The fraction of sp³-hybridized carbons (Fsp3) is 0.375. The van der Waals surface area contributed by atoms with Crippen molar-refractivity contribution in [2.75, 3.05) is 0 Å². The van der Waals surface area contributed by atoms with Crippen LogP contribution in [0, 0.1) is 0 Å². The highest BCUT2D eigenvalue weighted by Crippen LogP contribution is 2.20. The summed E-state index contributed by atoms with van der Waals surface area (Å²) in [6.07, 6.45) is 4.33. The predicted molar refractivity (Wildman–Crippen MR) is 86.7 cm³/mol. The van der Waals surface area contributed by atoms with Crippen molar-refractivity contribution in [2.45, 2.75) is 39.3 Å². The van der Waals surface area contributed by atoms with Crippen molar-refractivity contribution in [3.8, 4) is 0 Å². The lowest BCUT2D eigenvalue weighted by atomic mass is 10.1. The van der Waals surface area contributed by atoms with E-state index >= 15 is 0 Å². The van der Waals surface area contributed by atoms with Gasteiger partial charge in [0.25, 0.3) is 0 Å². The maximum atomic E-state index is 9.54. The highest BCUT2D eigenvalue weighted by atomic mass is 35.5. The van der Waals surface area contributed by atoms with Crippen molar-refractivity contribution in [2.24, 2.45) is 5.16 Å². The van der Waals surface area contributed by atoms with Crippen molar-refractivity contribution < 1.29 is 10.3 Å². The Hall–Kier alpha value is -1.85. The van der Waals surface area contributed by atoms with Crippen LogP contribution in [-0.2, 0) is 19.6 Å². The SMILES string of the molecule is CCCCc1nc(Cl)c(CO)n1Cc1ccc(/C=N/O)cc1. The monoisotopic (exact) mass is 321 g/mol. The van der Waals surface area contributed by atoms with Gasteiger partial charge in [0, 0.05) is 13.0 Å². The zero-order valence-electron chi connectivity index (χ0n) is 12.5. The number of imidazole rings is 1. The average Bonchev–Trinajstić information content (AvgIpc) is 2.82. The standard InChI is InChI=1S/C16H20ClN3O2/c1-2-3-4-15-19-16(17)14(11-21)20(15)10-13-7-5-12(6-8-13)9-18-22/h5-9,21-22H,2-4,10-11H2,1H3/b18-9+. The second-order valence-corrected chi connectivity index (χ2v) is 5.46. The van der Waals surface area contributed by atoms with Gasteiger partial charge in [-0.2, -0.15) is 0 Å². The van der Waals surface area contributed by atoms with Crippen LogP contribution < -0.4 is 0 Å². The second-order valence-electron chi connectivity index (χ2n) is 5.10. The van der Waals surface area contributed by atoms with Crippen LogP contribution in [0.25, 0.3) is 0 Å². The third-order valence-corrected chi connectivity index (χ3v) is 3.84. The molecule has 1 aromatic carbocycles. The third-order valence-electron chi connectivity index (χ3n) is 3.53. The van der Waals surface area contributed by atoms with Crippen molar-refractivity contribution in [3.05, 3.63) is 52.1 Å². The Bertz CT molecular complexity index is 636. The first-order valence-corrected chi connectivity index (χ1v) is 7.68. The number of rotatable bonds is 7. The van der Waals surface area contributed by atoms with Gasteiger partial charge in [0.1, 0.15) is 5.82 Å². The molecule has 2 aromatic rings. The van der Waals surface area contributed by atoms with Crippen molar-refractivity contribution in [3.63, 3.8) is 0 Å². The summed E-state index contributed by atoms with van der Waals surface area (Å²) in [6.45, 7) is 2.60. The topological polar surface area (TPSA) is 70.6 Å². The van der Waals surface area contributed by atoms with Gasteiger partial charge in [-0.15, -0.1) is 0 Å². The lowest BCUT2D eigenvalue weighted by Gasteiger charge is -2.11. The van der Waals surface area contributed by atoms with Gasteiger partial charge in [-0.3, -0.25) is 0 Å². The van der Waals surface area contributed by atoms with E-state index in [9.17, 15) is 5.11 Å². The van der Waals surface area contributed by atoms with Crippen LogP contribution in [0.3, 0.4) is 0 Å². The fourth-order valence-electron chi connectivity index (χ4n) is 2.33. The molecule has 0 spiro atoms. The maximum absolute atomic E-state index is 9.54. The van der Waals surface area contributed by atoms with E-state index in [1.54, 1.807) is 0 Å². The molecule has 0 aliphatic heterocycles. The molecule has 0 aliphatic rings. The summed E-state index contributed by atoms with van der Waals surface area (Å²) in [5.74, 6) is 0.900. The predicted octanol–water partition coefficient (Wildman–Crippen LogP) is 3.23. The number of hydrogen-bond donors (Lipinski definition) is 2. The summed E-state index contributed by atoms with van der Waals surface area (Å²) in [5.41, 5.74) is 2.54. The van der Waals surface area contributed by atoms with E-state index < -0.39 is 0 Å². The zero-order chi connectivity index (χ0) is 15.9. The van der Waals surface area contributed by atoms with Crippen LogP contribution in [0.15, 0.2) is 29.4 Å². The molecule has 0 radical (unpaired) electrons. The lowest BCUT2D eigenvalue weighted by Crippen LogP contribution is -2.09. The number of nitrogens with zero attached hydrogens (tertiary/aromatic N) is 3. The van der Waals surface area contributed by atoms with Crippen molar-refractivity contribution >= 4 is 17.8 Å². The number of halogens is 1. The van der Waals surface area contributed by atoms with Gasteiger partial charge in [0.15, 0.2) is 5.15 Å². The maximum Gasteiger partial charge on any atom is 0.152 e. The van der Waals surface area contributed by atoms with E-state index in [1.807, 2.05) is 28.8 Å². The summed E-state index contributed by atoms with van der Waals surface area (Å²) >= 11 is 6.12. The third kappa shape index (κ3) is 3.87. The van der Waals surface area contributed by atoms with E-state index in [4.69, 9.17) is 16.8 Å².